The molecule has 0 radical (unpaired) electrons. The quantitative estimate of drug-likeness (QED) is 0.898. The predicted molar refractivity (Wildman–Crippen MR) is 92.8 cm³/mol. The van der Waals surface area contributed by atoms with Crippen LogP contribution in [0.4, 0.5) is 4.39 Å². The van der Waals surface area contributed by atoms with Gasteiger partial charge in [0.2, 0.25) is 0 Å². The summed E-state index contributed by atoms with van der Waals surface area (Å²) in [5.41, 5.74) is 0.270. The average molecular weight is 350 g/mol. The van der Waals surface area contributed by atoms with E-state index in [9.17, 15) is 9.50 Å². The normalized spacial score (nSPS) is 22.3. The van der Waals surface area contributed by atoms with Crippen molar-refractivity contribution in [2.24, 2.45) is 0 Å². The Bertz CT molecular complexity index is 661. The number of halogens is 1. The second-order valence-corrected chi connectivity index (χ2v) is 7.52. The molecule has 0 amide bonds. The first-order chi connectivity index (χ1) is 11.5. The maximum absolute atomic E-state index is 12.9. The van der Waals surface area contributed by atoms with Crippen molar-refractivity contribution in [1.82, 2.24) is 9.88 Å². The Kier molecular flexibility index (Phi) is 5.48. The molecule has 1 aliphatic heterocycles. The molecule has 0 saturated carbocycles. The van der Waals surface area contributed by atoms with E-state index in [1.165, 1.54) is 12.1 Å². The number of likely N-dealkylation sites (tertiary alicyclic amines) is 1. The molecule has 4 nitrogen and oxygen atoms in total. The molecule has 0 bridgehead atoms. The van der Waals surface area contributed by atoms with E-state index in [1.807, 2.05) is 6.92 Å². The van der Waals surface area contributed by atoms with Crippen molar-refractivity contribution in [3.63, 3.8) is 0 Å². The third-order valence-electron chi connectivity index (χ3n) is 4.38. The van der Waals surface area contributed by atoms with Gasteiger partial charge >= 0.3 is 0 Å². The lowest BCUT2D eigenvalue weighted by molar-refractivity contribution is -0.0168. The molecule has 1 unspecified atom stereocenters. The highest BCUT2D eigenvalue weighted by atomic mass is 32.1. The minimum atomic E-state index is -0.832. The molecule has 24 heavy (non-hydrogen) atoms. The topological polar surface area (TPSA) is 45.6 Å². The van der Waals surface area contributed by atoms with Crippen LogP contribution in [0.15, 0.2) is 29.6 Å². The van der Waals surface area contributed by atoms with Crippen molar-refractivity contribution < 1.29 is 14.2 Å². The second kappa shape index (κ2) is 7.59. The van der Waals surface area contributed by atoms with E-state index in [4.69, 9.17) is 4.74 Å². The zero-order valence-corrected chi connectivity index (χ0v) is 14.7. The molecule has 6 heteroatoms. The van der Waals surface area contributed by atoms with E-state index in [1.54, 1.807) is 23.5 Å². The Morgan fingerprint density at radius 3 is 2.79 bits per heavy atom. The number of rotatable bonds is 5. The van der Waals surface area contributed by atoms with Crippen LogP contribution in [-0.4, -0.2) is 40.3 Å². The number of hydrogen-bond acceptors (Lipinski definition) is 5. The number of aliphatic hydroxyl groups is 1. The molecule has 1 atom stereocenters. The molecular weight excluding hydrogens is 327 g/mol. The van der Waals surface area contributed by atoms with Crippen molar-refractivity contribution in [1.29, 1.82) is 0 Å². The maximum atomic E-state index is 12.9. The van der Waals surface area contributed by atoms with E-state index < -0.39 is 5.60 Å². The molecular formula is C18H23FN2O2S. The highest BCUT2D eigenvalue weighted by Crippen LogP contribution is 2.25. The fourth-order valence-electron chi connectivity index (χ4n) is 3.00. The lowest BCUT2D eigenvalue weighted by Gasteiger charge is -2.27. The van der Waals surface area contributed by atoms with Gasteiger partial charge in [0.25, 0.3) is 0 Å². The van der Waals surface area contributed by atoms with Gasteiger partial charge in [0.15, 0.2) is 0 Å². The zero-order valence-electron chi connectivity index (χ0n) is 13.9. The summed E-state index contributed by atoms with van der Waals surface area (Å²) in [4.78, 5) is 6.85. The van der Waals surface area contributed by atoms with Crippen LogP contribution in [0.2, 0.25) is 0 Å². The third-order valence-corrected chi connectivity index (χ3v) is 5.21. The van der Waals surface area contributed by atoms with Crippen molar-refractivity contribution in [3.8, 4) is 5.75 Å². The van der Waals surface area contributed by atoms with Crippen LogP contribution in [0.5, 0.6) is 5.75 Å². The smallest absolute Gasteiger partial charge is 0.123 e. The van der Waals surface area contributed by atoms with E-state index in [2.05, 4.69) is 15.3 Å². The Hall–Kier alpha value is -1.50. The van der Waals surface area contributed by atoms with Gasteiger partial charge in [-0.3, -0.25) is 4.90 Å². The van der Waals surface area contributed by atoms with Crippen molar-refractivity contribution in [3.05, 3.63) is 46.2 Å². The van der Waals surface area contributed by atoms with Gasteiger partial charge in [-0.25, -0.2) is 9.37 Å². The number of ether oxygens (including phenoxy) is 1. The van der Waals surface area contributed by atoms with Crippen LogP contribution in [0.3, 0.4) is 0 Å². The molecule has 3 rings (SSSR count). The largest absolute Gasteiger partial charge is 0.491 e. The Morgan fingerprint density at radius 1 is 1.29 bits per heavy atom. The van der Waals surface area contributed by atoms with Crippen molar-refractivity contribution in [2.45, 2.75) is 38.3 Å². The van der Waals surface area contributed by atoms with E-state index >= 15 is 0 Å². The maximum Gasteiger partial charge on any atom is 0.123 e. The molecule has 130 valence electrons. The molecule has 1 fully saturated rings. The van der Waals surface area contributed by atoms with Crippen LogP contribution >= 0.6 is 11.3 Å². The van der Waals surface area contributed by atoms with E-state index in [0.29, 0.717) is 18.6 Å². The molecule has 1 saturated heterocycles. The SMILES string of the molecule is Cc1nc(CN2CCCC(O)(COc3ccc(F)cc3)CC2)cs1. The number of thiazole rings is 1. The Morgan fingerprint density at radius 2 is 2.08 bits per heavy atom. The molecule has 1 N–H and O–H groups in total. The molecule has 2 aromatic rings. The minimum absolute atomic E-state index is 0.238. The first-order valence-electron chi connectivity index (χ1n) is 8.27. The summed E-state index contributed by atoms with van der Waals surface area (Å²) in [7, 11) is 0. The summed E-state index contributed by atoms with van der Waals surface area (Å²) in [6, 6.07) is 5.91. The van der Waals surface area contributed by atoms with Gasteiger partial charge in [-0.05, 0) is 57.0 Å². The number of benzene rings is 1. The van der Waals surface area contributed by atoms with Crippen LogP contribution in [0.1, 0.15) is 30.0 Å². The Labute approximate surface area is 145 Å². The van der Waals surface area contributed by atoms with Gasteiger partial charge in [-0.15, -0.1) is 11.3 Å². The fraction of sp³-hybridized carbons (Fsp3) is 0.500. The highest BCUT2D eigenvalue weighted by Gasteiger charge is 2.31. The summed E-state index contributed by atoms with van der Waals surface area (Å²) in [6.07, 6.45) is 2.30. The van der Waals surface area contributed by atoms with Gasteiger partial charge in [-0.1, -0.05) is 0 Å². The molecule has 1 aromatic heterocycles. The summed E-state index contributed by atoms with van der Waals surface area (Å²) in [5.74, 6) is 0.298. The Balaban J connectivity index is 1.52. The number of nitrogens with zero attached hydrogens (tertiary/aromatic N) is 2. The van der Waals surface area contributed by atoms with Crippen LogP contribution in [0.25, 0.3) is 0 Å². The third kappa shape index (κ3) is 4.75. The molecule has 0 spiro atoms. The molecule has 0 aliphatic carbocycles. The number of aryl methyl sites for hydroxylation is 1. The lowest BCUT2D eigenvalue weighted by atomic mass is 9.96. The van der Waals surface area contributed by atoms with Crippen LogP contribution in [-0.2, 0) is 6.54 Å². The van der Waals surface area contributed by atoms with Gasteiger partial charge in [0, 0.05) is 18.5 Å². The molecule has 1 aromatic carbocycles. The van der Waals surface area contributed by atoms with Crippen LogP contribution in [0, 0.1) is 12.7 Å². The van der Waals surface area contributed by atoms with Gasteiger partial charge < -0.3 is 9.84 Å². The standard InChI is InChI=1S/C18H23FN2O2S/c1-14-20-16(12-24-14)11-21-9-2-7-18(22,8-10-21)13-23-17-5-3-15(19)4-6-17/h3-6,12,22H,2,7-11,13H2,1H3. The monoisotopic (exact) mass is 350 g/mol. The van der Waals surface area contributed by atoms with E-state index in [-0.39, 0.29) is 12.4 Å². The van der Waals surface area contributed by atoms with Crippen molar-refractivity contribution >= 4 is 11.3 Å². The summed E-state index contributed by atoms with van der Waals surface area (Å²) in [5, 5.41) is 14.0. The molecule has 1 aliphatic rings. The first kappa shape index (κ1) is 17.3. The zero-order chi connectivity index (χ0) is 17.0. The second-order valence-electron chi connectivity index (χ2n) is 6.45. The first-order valence-corrected chi connectivity index (χ1v) is 9.15. The van der Waals surface area contributed by atoms with Gasteiger partial charge in [0.1, 0.15) is 18.2 Å². The van der Waals surface area contributed by atoms with Gasteiger partial charge in [-0.2, -0.15) is 0 Å². The number of hydrogen-bond donors (Lipinski definition) is 1. The highest BCUT2D eigenvalue weighted by molar-refractivity contribution is 7.09. The van der Waals surface area contributed by atoms with Gasteiger partial charge in [0.05, 0.1) is 16.3 Å². The van der Waals surface area contributed by atoms with Crippen molar-refractivity contribution in [2.75, 3.05) is 19.7 Å². The summed E-state index contributed by atoms with van der Waals surface area (Å²) in [6.45, 7) is 4.86. The fourth-order valence-corrected chi connectivity index (χ4v) is 3.60. The molecule has 2 heterocycles. The number of aromatic nitrogens is 1. The van der Waals surface area contributed by atoms with Crippen LogP contribution < -0.4 is 4.74 Å². The predicted octanol–water partition coefficient (Wildman–Crippen LogP) is 3.39. The average Bonchev–Trinajstić information content (AvgIpc) is 2.87. The summed E-state index contributed by atoms with van der Waals surface area (Å²) >= 11 is 1.67. The minimum Gasteiger partial charge on any atom is -0.491 e. The summed E-state index contributed by atoms with van der Waals surface area (Å²) < 4.78 is 18.6. The lowest BCUT2D eigenvalue weighted by Crippen LogP contribution is -2.37. The van der Waals surface area contributed by atoms with E-state index in [0.717, 1.165) is 36.8 Å².